The highest BCUT2D eigenvalue weighted by molar-refractivity contribution is 5.77. The van der Waals surface area contributed by atoms with Crippen molar-refractivity contribution in [1.82, 2.24) is 0 Å². The topological polar surface area (TPSA) is 82.3 Å². The number of nitrogens with one attached hydrogen (secondary N) is 1. The van der Waals surface area contributed by atoms with E-state index in [1.165, 1.54) is 7.11 Å². The highest BCUT2D eigenvalue weighted by atomic mass is 16.5. The number of carboxylic acid groups (broad SMARTS) is 1. The number of hydrogen-bond acceptors (Lipinski definition) is 4. The molecule has 1 aromatic rings. The normalized spacial score (nSPS) is 11.6. The molecule has 17 heavy (non-hydrogen) atoms. The molecule has 90 valence electrons. The van der Waals surface area contributed by atoms with Crippen molar-refractivity contribution in [2.75, 3.05) is 19.0 Å². The third-order valence-electron chi connectivity index (χ3n) is 2.32. The van der Waals surface area contributed by atoms with Gasteiger partial charge in [-0.1, -0.05) is 0 Å². The molecule has 1 atom stereocenters. The number of nitrogens with zero attached hydrogens (tertiary/aromatic N) is 1. The van der Waals surface area contributed by atoms with E-state index in [0.717, 1.165) is 5.56 Å². The Hall–Kier alpha value is -2.06. The maximum atomic E-state index is 10.9. The van der Waals surface area contributed by atoms with Gasteiger partial charge >= 0.3 is 5.97 Å². The third kappa shape index (κ3) is 3.47. The van der Waals surface area contributed by atoms with Gasteiger partial charge in [0.2, 0.25) is 0 Å². The molecule has 5 heteroatoms. The summed E-state index contributed by atoms with van der Waals surface area (Å²) in [6, 6.07) is 6.33. The fourth-order valence-corrected chi connectivity index (χ4v) is 1.42. The van der Waals surface area contributed by atoms with Crippen LogP contribution in [0.2, 0.25) is 0 Å². The SMILES string of the molecule is COCC(Nc1ccc(C#N)c(C)c1)C(=O)O. The van der Waals surface area contributed by atoms with Gasteiger partial charge in [0.15, 0.2) is 0 Å². The number of anilines is 1. The van der Waals surface area contributed by atoms with Crippen molar-refractivity contribution < 1.29 is 14.6 Å². The molecule has 5 nitrogen and oxygen atoms in total. The van der Waals surface area contributed by atoms with Crippen molar-refractivity contribution in [3.05, 3.63) is 29.3 Å². The van der Waals surface area contributed by atoms with Crippen LogP contribution < -0.4 is 5.32 Å². The second-order valence-corrected chi connectivity index (χ2v) is 3.63. The quantitative estimate of drug-likeness (QED) is 0.804. The molecular weight excluding hydrogens is 220 g/mol. The monoisotopic (exact) mass is 234 g/mol. The molecule has 0 spiro atoms. The van der Waals surface area contributed by atoms with Gasteiger partial charge < -0.3 is 15.2 Å². The van der Waals surface area contributed by atoms with Crippen LogP contribution in [0.4, 0.5) is 5.69 Å². The van der Waals surface area contributed by atoms with Gasteiger partial charge in [-0.15, -0.1) is 0 Å². The van der Waals surface area contributed by atoms with Gasteiger partial charge in [-0.3, -0.25) is 0 Å². The van der Waals surface area contributed by atoms with Crippen LogP contribution in [-0.4, -0.2) is 30.8 Å². The second-order valence-electron chi connectivity index (χ2n) is 3.63. The Balaban J connectivity index is 2.84. The van der Waals surface area contributed by atoms with Crippen molar-refractivity contribution in [2.45, 2.75) is 13.0 Å². The second kappa shape index (κ2) is 5.87. The fraction of sp³-hybridized carbons (Fsp3) is 0.333. The number of rotatable bonds is 5. The van der Waals surface area contributed by atoms with Crippen LogP contribution in [0.25, 0.3) is 0 Å². The molecule has 0 aliphatic heterocycles. The number of nitriles is 1. The lowest BCUT2D eigenvalue weighted by atomic mass is 10.1. The summed E-state index contributed by atoms with van der Waals surface area (Å²) in [5, 5.41) is 20.6. The van der Waals surface area contributed by atoms with E-state index in [4.69, 9.17) is 15.1 Å². The average molecular weight is 234 g/mol. The van der Waals surface area contributed by atoms with Crippen LogP contribution in [-0.2, 0) is 9.53 Å². The molecule has 0 fully saturated rings. The maximum absolute atomic E-state index is 10.9. The summed E-state index contributed by atoms with van der Waals surface area (Å²) in [4.78, 5) is 10.9. The van der Waals surface area contributed by atoms with E-state index in [2.05, 4.69) is 11.4 Å². The average Bonchev–Trinajstić information content (AvgIpc) is 2.28. The minimum absolute atomic E-state index is 0.0778. The molecule has 0 aromatic heterocycles. The van der Waals surface area contributed by atoms with Crippen molar-refractivity contribution in [3.63, 3.8) is 0 Å². The van der Waals surface area contributed by atoms with Crippen molar-refractivity contribution in [1.29, 1.82) is 5.26 Å². The van der Waals surface area contributed by atoms with Crippen molar-refractivity contribution in [3.8, 4) is 6.07 Å². The van der Waals surface area contributed by atoms with Crippen LogP contribution in [0, 0.1) is 18.3 Å². The van der Waals surface area contributed by atoms with Gasteiger partial charge in [-0.25, -0.2) is 4.79 Å². The Bertz CT molecular complexity index is 452. The molecule has 0 aliphatic rings. The molecule has 1 rings (SSSR count). The van der Waals surface area contributed by atoms with Crippen molar-refractivity contribution >= 4 is 11.7 Å². The molecule has 1 unspecified atom stereocenters. The first-order valence-corrected chi connectivity index (χ1v) is 5.07. The number of ether oxygens (including phenoxy) is 1. The third-order valence-corrected chi connectivity index (χ3v) is 2.32. The lowest BCUT2D eigenvalue weighted by Crippen LogP contribution is -2.33. The van der Waals surface area contributed by atoms with E-state index >= 15 is 0 Å². The standard InChI is InChI=1S/C12H14N2O3/c1-8-5-10(4-3-9(8)6-13)14-11(7-17-2)12(15)16/h3-5,11,14H,7H2,1-2H3,(H,15,16). The number of carboxylic acids is 1. The first-order chi connectivity index (χ1) is 8.08. The van der Waals surface area contributed by atoms with Crippen LogP contribution in [0.1, 0.15) is 11.1 Å². The summed E-state index contributed by atoms with van der Waals surface area (Å²) in [5.74, 6) is -0.978. The van der Waals surface area contributed by atoms with Gasteiger partial charge in [-0.2, -0.15) is 5.26 Å². The van der Waals surface area contributed by atoms with E-state index in [-0.39, 0.29) is 6.61 Å². The predicted molar refractivity (Wildman–Crippen MR) is 62.8 cm³/mol. The first-order valence-electron chi connectivity index (χ1n) is 5.07. The number of carbonyl (C=O) groups is 1. The number of aryl methyl sites for hydroxylation is 1. The summed E-state index contributed by atoms with van der Waals surface area (Å²) in [6.07, 6.45) is 0. The Labute approximate surface area is 99.6 Å². The number of hydrogen-bond donors (Lipinski definition) is 2. The highest BCUT2D eigenvalue weighted by Crippen LogP contribution is 2.15. The lowest BCUT2D eigenvalue weighted by Gasteiger charge is -2.15. The summed E-state index contributed by atoms with van der Waals surface area (Å²) >= 11 is 0. The Morgan fingerprint density at radius 2 is 2.35 bits per heavy atom. The smallest absolute Gasteiger partial charge is 0.328 e. The number of benzene rings is 1. The minimum Gasteiger partial charge on any atom is -0.480 e. The summed E-state index contributed by atoms with van der Waals surface area (Å²) < 4.78 is 4.82. The zero-order valence-corrected chi connectivity index (χ0v) is 9.73. The van der Waals surface area contributed by atoms with Crippen LogP contribution in [0.15, 0.2) is 18.2 Å². The van der Waals surface area contributed by atoms with Crippen molar-refractivity contribution in [2.24, 2.45) is 0 Å². The van der Waals surface area contributed by atoms with E-state index in [1.807, 2.05) is 0 Å². The Morgan fingerprint density at radius 3 is 2.82 bits per heavy atom. The molecule has 0 aliphatic carbocycles. The Morgan fingerprint density at radius 1 is 1.65 bits per heavy atom. The summed E-state index contributed by atoms with van der Waals surface area (Å²) in [5.41, 5.74) is 2.04. The molecule has 0 amide bonds. The lowest BCUT2D eigenvalue weighted by molar-refractivity contribution is -0.139. The van der Waals surface area contributed by atoms with E-state index < -0.39 is 12.0 Å². The van der Waals surface area contributed by atoms with Gasteiger partial charge in [-0.05, 0) is 30.7 Å². The summed E-state index contributed by atoms with van der Waals surface area (Å²) in [7, 11) is 1.45. The maximum Gasteiger partial charge on any atom is 0.328 e. The van der Waals surface area contributed by atoms with Gasteiger partial charge in [0.25, 0.3) is 0 Å². The fourth-order valence-electron chi connectivity index (χ4n) is 1.42. The molecular formula is C12H14N2O3. The van der Waals surface area contributed by atoms with E-state index in [9.17, 15) is 4.79 Å². The minimum atomic E-state index is -0.978. The van der Waals surface area contributed by atoms with Crippen LogP contribution in [0.5, 0.6) is 0 Å². The first kappa shape index (κ1) is 13.0. The molecule has 0 saturated heterocycles. The zero-order valence-electron chi connectivity index (χ0n) is 9.73. The highest BCUT2D eigenvalue weighted by Gasteiger charge is 2.16. The molecule has 0 radical (unpaired) electrons. The zero-order chi connectivity index (χ0) is 12.8. The molecule has 0 bridgehead atoms. The van der Waals surface area contributed by atoms with E-state index in [1.54, 1.807) is 25.1 Å². The van der Waals surface area contributed by atoms with Crippen LogP contribution >= 0.6 is 0 Å². The summed E-state index contributed by atoms with van der Waals surface area (Å²) in [6.45, 7) is 1.88. The molecule has 0 saturated carbocycles. The Kier molecular flexibility index (Phi) is 4.49. The number of methoxy groups -OCH3 is 1. The largest absolute Gasteiger partial charge is 0.480 e. The van der Waals surface area contributed by atoms with Gasteiger partial charge in [0, 0.05) is 12.8 Å². The van der Waals surface area contributed by atoms with E-state index in [0.29, 0.717) is 11.3 Å². The molecule has 2 N–H and O–H groups in total. The number of aliphatic carboxylic acids is 1. The predicted octanol–water partition coefficient (Wildman–Crippen LogP) is 1.38. The van der Waals surface area contributed by atoms with Gasteiger partial charge in [0.1, 0.15) is 6.04 Å². The molecule has 1 aromatic carbocycles. The van der Waals surface area contributed by atoms with Gasteiger partial charge in [0.05, 0.1) is 18.2 Å². The molecule has 0 heterocycles. The van der Waals surface area contributed by atoms with Crippen LogP contribution in [0.3, 0.4) is 0 Å².